The third-order valence-corrected chi connectivity index (χ3v) is 10.9. The van der Waals surface area contributed by atoms with E-state index in [1.807, 2.05) is 0 Å². The molecule has 0 spiro atoms. The monoisotopic (exact) mass is 423 g/mol. The summed E-state index contributed by atoms with van der Waals surface area (Å²) in [5.41, 5.74) is 7.04. The SMILES string of the molecule is C[C@@H]1CCC2CCC3C(CC[C@@]4(C)C3CC[C@@H]4[C@H](C)CN=C/C(C#N)=C\N)[C@@]2(C)CC1. The minimum absolute atomic E-state index is 0.464. The average molecular weight is 424 g/mol. The fraction of sp³-hybridized carbons (Fsp3) is 0.857. The van der Waals surface area contributed by atoms with Crippen molar-refractivity contribution in [2.45, 2.75) is 91.9 Å². The quantitative estimate of drug-likeness (QED) is 0.402. The molecule has 31 heavy (non-hydrogen) atoms. The molecular weight excluding hydrogens is 378 g/mol. The van der Waals surface area contributed by atoms with Gasteiger partial charge in [0, 0.05) is 19.0 Å². The summed E-state index contributed by atoms with van der Waals surface area (Å²) < 4.78 is 0. The van der Waals surface area contributed by atoms with Crippen LogP contribution in [-0.2, 0) is 0 Å². The smallest absolute Gasteiger partial charge is 0.102 e. The van der Waals surface area contributed by atoms with Crippen LogP contribution in [0.3, 0.4) is 0 Å². The Hall–Kier alpha value is -1.30. The lowest BCUT2D eigenvalue weighted by atomic mass is 9.46. The number of hydrogen-bond donors (Lipinski definition) is 1. The van der Waals surface area contributed by atoms with Crippen LogP contribution >= 0.6 is 0 Å². The van der Waals surface area contributed by atoms with Crippen molar-refractivity contribution in [2.24, 2.45) is 63.0 Å². The number of nitrogens with two attached hydrogens (primary N) is 1. The van der Waals surface area contributed by atoms with E-state index in [2.05, 4.69) is 38.8 Å². The summed E-state index contributed by atoms with van der Waals surface area (Å²) in [5, 5.41) is 9.05. The molecule has 0 amide bonds. The molecule has 0 bridgehead atoms. The maximum atomic E-state index is 9.05. The van der Waals surface area contributed by atoms with Gasteiger partial charge < -0.3 is 5.73 Å². The van der Waals surface area contributed by atoms with Crippen molar-refractivity contribution in [2.75, 3.05) is 6.54 Å². The zero-order valence-corrected chi connectivity index (χ0v) is 20.4. The molecule has 2 N–H and O–H groups in total. The summed E-state index contributed by atoms with van der Waals surface area (Å²) in [7, 11) is 0. The molecule has 4 rings (SSSR count). The number of allylic oxidation sites excluding steroid dienone is 1. The average Bonchev–Trinajstić information content (AvgIpc) is 3.04. The summed E-state index contributed by atoms with van der Waals surface area (Å²) in [4.78, 5) is 4.59. The summed E-state index contributed by atoms with van der Waals surface area (Å²) in [6, 6.07) is 2.10. The Balaban J connectivity index is 1.48. The molecule has 0 aromatic rings. The third kappa shape index (κ3) is 3.98. The molecule has 0 radical (unpaired) electrons. The predicted octanol–water partition coefficient (Wildman–Crippen LogP) is 6.74. The van der Waals surface area contributed by atoms with E-state index in [0.29, 0.717) is 22.3 Å². The van der Waals surface area contributed by atoms with Gasteiger partial charge >= 0.3 is 0 Å². The van der Waals surface area contributed by atoms with E-state index in [0.717, 1.165) is 42.1 Å². The van der Waals surface area contributed by atoms with Crippen LogP contribution in [0.4, 0.5) is 0 Å². The van der Waals surface area contributed by atoms with Gasteiger partial charge in [0.25, 0.3) is 0 Å². The first-order valence-electron chi connectivity index (χ1n) is 13.1. The molecule has 0 heterocycles. The van der Waals surface area contributed by atoms with Crippen molar-refractivity contribution in [3.05, 3.63) is 11.8 Å². The topological polar surface area (TPSA) is 62.2 Å². The highest BCUT2D eigenvalue weighted by Crippen LogP contribution is 2.68. The maximum absolute atomic E-state index is 9.05. The van der Waals surface area contributed by atoms with E-state index in [4.69, 9.17) is 11.0 Å². The molecule has 0 aromatic heterocycles. The standard InChI is InChI=1S/C28H45N3/c1-19-5-6-22-7-8-23-25-10-9-24(20(2)17-31-18-21(15-29)16-30)28(25,4)14-12-26(23)27(22,3)13-11-19/h15,18-20,22-26H,5-14,17,29H2,1-4H3/b21-15-,31-18?/t19-,20-,22?,23?,24-,25?,26?,27+,28-/m1/s1. The van der Waals surface area contributed by atoms with Crippen molar-refractivity contribution >= 4 is 6.21 Å². The summed E-state index contributed by atoms with van der Waals surface area (Å²) in [6.45, 7) is 11.0. The molecule has 0 aliphatic heterocycles. The van der Waals surface area contributed by atoms with Gasteiger partial charge in [-0.15, -0.1) is 0 Å². The summed E-state index contributed by atoms with van der Waals surface area (Å²) in [6.07, 6.45) is 17.6. The largest absolute Gasteiger partial charge is 0.403 e. The lowest BCUT2D eigenvalue weighted by Crippen LogP contribution is -2.52. The number of aliphatic imine (C=N–C) groups is 1. The molecule has 4 aliphatic carbocycles. The van der Waals surface area contributed by atoms with E-state index >= 15 is 0 Å². The molecule has 0 saturated heterocycles. The molecule has 4 aliphatic rings. The van der Waals surface area contributed by atoms with Gasteiger partial charge in [-0.05, 0) is 104 Å². The Morgan fingerprint density at radius 2 is 1.74 bits per heavy atom. The fourth-order valence-electron chi connectivity index (χ4n) is 9.11. The van der Waals surface area contributed by atoms with Crippen LogP contribution < -0.4 is 5.73 Å². The van der Waals surface area contributed by atoms with Crippen molar-refractivity contribution in [1.82, 2.24) is 0 Å². The van der Waals surface area contributed by atoms with Crippen LogP contribution in [0.2, 0.25) is 0 Å². The highest BCUT2D eigenvalue weighted by atomic mass is 14.7. The van der Waals surface area contributed by atoms with Gasteiger partial charge in [-0.3, -0.25) is 4.99 Å². The lowest BCUT2D eigenvalue weighted by Gasteiger charge is -2.59. The van der Waals surface area contributed by atoms with Crippen LogP contribution in [0.25, 0.3) is 0 Å². The Bertz CT molecular complexity index is 748. The van der Waals surface area contributed by atoms with Gasteiger partial charge in [0.2, 0.25) is 0 Å². The first kappa shape index (κ1) is 22.9. The number of nitrogens with zero attached hydrogens (tertiary/aromatic N) is 2. The molecule has 0 aromatic carbocycles. The van der Waals surface area contributed by atoms with Crippen LogP contribution in [0.15, 0.2) is 16.8 Å². The normalized spacial score (nSPS) is 46.5. The van der Waals surface area contributed by atoms with Gasteiger partial charge in [0.1, 0.15) is 6.07 Å². The predicted molar refractivity (Wildman–Crippen MR) is 129 cm³/mol. The highest BCUT2D eigenvalue weighted by Gasteiger charge is 2.59. The Kier molecular flexibility index (Phi) is 6.58. The molecule has 172 valence electrons. The van der Waals surface area contributed by atoms with E-state index in [1.165, 1.54) is 70.4 Å². The molecule has 3 nitrogen and oxygen atoms in total. The molecule has 4 fully saturated rings. The Morgan fingerprint density at radius 1 is 1.03 bits per heavy atom. The summed E-state index contributed by atoms with van der Waals surface area (Å²) in [5.74, 6) is 6.10. The van der Waals surface area contributed by atoms with Crippen molar-refractivity contribution in [1.29, 1.82) is 5.26 Å². The molecule has 4 unspecified atom stereocenters. The summed E-state index contributed by atoms with van der Waals surface area (Å²) >= 11 is 0. The van der Waals surface area contributed by atoms with Gasteiger partial charge in [0.05, 0.1) is 5.57 Å². The van der Waals surface area contributed by atoms with Crippen molar-refractivity contribution < 1.29 is 0 Å². The van der Waals surface area contributed by atoms with Crippen molar-refractivity contribution in [3.8, 4) is 6.07 Å². The highest BCUT2D eigenvalue weighted by molar-refractivity contribution is 5.83. The maximum Gasteiger partial charge on any atom is 0.102 e. The number of fused-ring (bicyclic) bond motifs is 5. The van der Waals surface area contributed by atoms with Crippen LogP contribution in [-0.4, -0.2) is 12.8 Å². The number of nitriles is 1. The van der Waals surface area contributed by atoms with Gasteiger partial charge in [0.15, 0.2) is 0 Å². The lowest BCUT2D eigenvalue weighted by molar-refractivity contribution is -0.102. The van der Waals surface area contributed by atoms with Crippen molar-refractivity contribution in [3.63, 3.8) is 0 Å². The Morgan fingerprint density at radius 3 is 2.48 bits per heavy atom. The minimum atomic E-state index is 0.464. The van der Waals surface area contributed by atoms with Gasteiger partial charge in [-0.1, -0.05) is 40.5 Å². The first-order chi connectivity index (χ1) is 14.8. The zero-order valence-electron chi connectivity index (χ0n) is 20.4. The zero-order chi connectivity index (χ0) is 22.2. The fourth-order valence-corrected chi connectivity index (χ4v) is 9.11. The molecule has 9 atom stereocenters. The van der Waals surface area contributed by atoms with E-state index < -0.39 is 0 Å². The first-order valence-corrected chi connectivity index (χ1v) is 13.1. The van der Waals surface area contributed by atoms with Crippen LogP contribution in [0, 0.1) is 63.6 Å². The van der Waals surface area contributed by atoms with Gasteiger partial charge in [-0.25, -0.2) is 0 Å². The second-order valence-electron chi connectivity index (χ2n) is 12.3. The Labute approximate surface area is 191 Å². The van der Waals surface area contributed by atoms with E-state index in [1.54, 1.807) is 6.21 Å². The second kappa shape index (κ2) is 8.92. The van der Waals surface area contributed by atoms with Crippen LogP contribution in [0.5, 0.6) is 0 Å². The van der Waals surface area contributed by atoms with Crippen LogP contribution in [0.1, 0.15) is 91.9 Å². The molecule has 3 heteroatoms. The second-order valence-corrected chi connectivity index (χ2v) is 12.3. The molecule has 4 saturated carbocycles. The third-order valence-electron chi connectivity index (χ3n) is 10.9. The van der Waals surface area contributed by atoms with E-state index in [9.17, 15) is 0 Å². The van der Waals surface area contributed by atoms with Gasteiger partial charge in [-0.2, -0.15) is 5.26 Å². The minimum Gasteiger partial charge on any atom is -0.403 e. The number of hydrogen-bond acceptors (Lipinski definition) is 3. The van der Waals surface area contributed by atoms with E-state index in [-0.39, 0.29) is 0 Å². The molecular formula is C28H45N3. The number of rotatable bonds is 4.